The van der Waals surface area contributed by atoms with E-state index in [1.54, 1.807) is 6.92 Å². The van der Waals surface area contributed by atoms with Gasteiger partial charge < -0.3 is 9.84 Å². The van der Waals surface area contributed by atoms with Crippen LogP contribution in [0.2, 0.25) is 0 Å². The standard InChI is InChI=1S/C10H13N5O4/c1-6-5-15(10(18)12-8(6)17)9(19-3-2-16)7-4-11-14-13-7/h4-5,9,16H,2-3H2,1H3,(H,11,13,14)(H,12,17,18). The number of hydrogen-bond acceptors (Lipinski definition) is 6. The zero-order valence-electron chi connectivity index (χ0n) is 10.2. The number of hydrogen-bond donors (Lipinski definition) is 3. The van der Waals surface area contributed by atoms with Gasteiger partial charge in [-0.1, -0.05) is 0 Å². The molecule has 19 heavy (non-hydrogen) atoms. The molecule has 0 bridgehead atoms. The van der Waals surface area contributed by atoms with E-state index in [1.807, 2.05) is 0 Å². The molecule has 2 heterocycles. The van der Waals surface area contributed by atoms with E-state index in [2.05, 4.69) is 20.4 Å². The molecule has 0 aliphatic heterocycles. The normalized spacial score (nSPS) is 12.5. The van der Waals surface area contributed by atoms with E-state index in [0.29, 0.717) is 11.3 Å². The smallest absolute Gasteiger partial charge is 0.330 e. The van der Waals surface area contributed by atoms with Crippen molar-refractivity contribution in [3.63, 3.8) is 0 Å². The van der Waals surface area contributed by atoms with E-state index >= 15 is 0 Å². The van der Waals surface area contributed by atoms with Gasteiger partial charge in [-0.15, -0.1) is 0 Å². The molecule has 1 unspecified atom stereocenters. The molecule has 0 saturated heterocycles. The lowest BCUT2D eigenvalue weighted by atomic mass is 10.3. The van der Waals surface area contributed by atoms with Gasteiger partial charge >= 0.3 is 5.69 Å². The minimum atomic E-state index is -0.867. The molecule has 0 aromatic carbocycles. The minimum Gasteiger partial charge on any atom is -0.394 e. The molecule has 0 fully saturated rings. The van der Waals surface area contributed by atoms with Gasteiger partial charge in [-0.05, 0) is 6.92 Å². The van der Waals surface area contributed by atoms with Crippen LogP contribution in [0.4, 0.5) is 0 Å². The molecule has 0 aliphatic rings. The average Bonchev–Trinajstić information content (AvgIpc) is 2.89. The third-order valence-corrected chi connectivity index (χ3v) is 2.45. The zero-order chi connectivity index (χ0) is 13.8. The Morgan fingerprint density at radius 3 is 2.95 bits per heavy atom. The highest BCUT2D eigenvalue weighted by atomic mass is 16.5. The van der Waals surface area contributed by atoms with Crippen LogP contribution in [-0.4, -0.2) is 43.3 Å². The van der Waals surface area contributed by atoms with Crippen LogP contribution in [0.25, 0.3) is 0 Å². The topological polar surface area (TPSA) is 126 Å². The van der Waals surface area contributed by atoms with Crippen LogP contribution in [0.3, 0.4) is 0 Å². The maximum atomic E-state index is 11.8. The van der Waals surface area contributed by atoms with E-state index in [4.69, 9.17) is 9.84 Å². The van der Waals surface area contributed by atoms with Crippen molar-refractivity contribution in [2.24, 2.45) is 0 Å². The van der Waals surface area contributed by atoms with Gasteiger partial charge in [0.05, 0.1) is 19.4 Å². The summed E-state index contributed by atoms with van der Waals surface area (Å²) < 4.78 is 6.55. The number of aromatic amines is 2. The molecule has 2 aromatic heterocycles. The maximum absolute atomic E-state index is 11.8. The van der Waals surface area contributed by atoms with Gasteiger partial charge in [0.15, 0.2) is 6.23 Å². The Bertz CT molecular complexity index is 645. The van der Waals surface area contributed by atoms with Gasteiger partial charge in [0.25, 0.3) is 5.56 Å². The lowest BCUT2D eigenvalue weighted by molar-refractivity contribution is 0.00536. The van der Waals surface area contributed by atoms with Crippen LogP contribution in [0, 0.1) is 6.92 Å². The summed E-state index contributed by atoms with van der Waals surface area (Å²) in [6.07, 6.45) is 1.90. The summed E-state index contributed by atoms with van der Waals surface area (Å²) in [6.45, 7) is 1.38. The zero-order valence-corrected chi connectivity index (χ0v) is 10.2. The minimum absolute atomic E-state index is 0.0160. The summed E-state index contributed by atoms with van der Waals surface area (Å²) in [5.74, 6) is 0. The Morgan fingerprint density at radius 2 is 2.32 bits per heavy atom. The van der Waals surface area contributed by atoms with E-state index in [9.17, 15) is 9.59 Å². The lowest BCUT2D eigenvalue weighted by Crippen LogP contribution is -2.35. The van der Waals surface area contributed by atoms with Gasteiger partial charge in [0.1, 0.15) is 5.69 Å². The number of nitrogens with zero attached hydrogens (tertiary/aromatic N) is 3. The fraction of sp³-hybridized carbons (Fsp3) is 0.400. The number of aryl methyl sites for hydroxylation is 1. The van der Waals surface area contributed by atoms with Crippen molar-refractivity contribution in [3.8, 4) is 0 Å². The number of rotatable bonds is 5. The number of ether oxygens (including phenoxy) is 1. The third kappa shape index (κ3) is 2.77. The second kappa shape index (κ2) is 5.59. The van der Waals surface area contributed by atoms with Crippen molar-refractivity contribution in [3.05, 3.63) is 44.5 Å². The predicted octanol–water partition coefficient (Wildman–Crippen LogP) is -1.48. The Balaban J connectivity index is 2.46. The largest absolute Gasteiger partial charge is 0.394 e. The molecule has 0 spiro atoms. The first-order valence-electron chi connectivity index (χ1n) is 5.53. The summed E-state index contributed by atoms with van der Waals surface area (Å²) in [6, 6.07) is 0. The molecule has 2 rings (SSSR count). The predicted molar refractivity (Wildman–Crippen MR) is 63.6 cm³/mol. The Morgan fingerprint density at radius 1 is 1.53 bits per heavy atom. The van der Waals surface area contributed by atoms with Crippen LogP contribution in [0.5, 0.6) is 0 Å². The lowest BCUT2D eigenvalue weighted by Gasteiger charge is -2.17. The summed E-state index contributed by atoms with van der Waals surface area (Å²) in [7, 11) is 0. The number of aromatic nitrogens is 5. The highest BCUT2D eigenvalue weighted by Crippen LogP contribution is 2.14. The number of nitrogens with one attached hydrogen (secondary N) is 2. The average molecular weight is 267 g/mol. The van der Waals surface area contributed by atoms with Gasteiger partial charge in [0, 0.05) is 11.8 Å². The molecule has 0 radical (unpaired) electrons. The quantitative estimate of drug-likeness (QED) is 0.606. The van der Waals surface area contributed by atoms with Crippen LogP contribution in [0.15, 0.2) is 22.0 Å². The summed E-state index contributed by atoms with van der Waals surface area (Å²) in [5.41, 5.74) is -0.355. The molecule has 2 aromatic rings. The van der Waals surface area contributed by atoms with E-state index in [1.165, 1.54) is 17.0 Å². The molecular formula is C10H13N5O4. The van der Waals surface area contributed by atoms with Crippen molar-refractivity contribution < 1.29 is 9.84 Å². The Labute approximate surface area is 106 Å². The molecule has 0 saturated carbocycles. The van der Waals surface area contributed by atoms with E-state index in [-0.39, 0.29) is 13.2 Å². The van der Waals surface area contributed by atoms with E-state index in [0.717, 1.165) is 0 Å². The second-order valence-corrected chi connectivity index (χ2v) is 3.82. The van der Waals surface area contributed by atoms with Gasteiger partial charge in [-0.2, -0.15) is 15.4 Å². The molecular weight excluding hydrogens is 254 g/mol. The van der Waals surface area contributed by atoms with Crippen molar-refractivity contribution in [1.82, 2.24) is 25.0 Å². The van der Waals surface area contributed by atoms with Crippen LogP contribution in [-0.2, 0) is 4.74 Å². The Kier molecular flexibility index (Phi) is 3.88. The monoisotopic (exact) mass is 267 g/mol. The van der Waals surface area contributed by atoms with Crippen molar-refractivity contribution in [2.45, 2.75) is 13.2 Å². The highest BCUT2D eigenvalue weighted by molar-refractivity contribution is 5.05. The van der Waals surface area contributed by atoms with Crippen molar-refractivity contribution >= 4 is 0 Å². The number of H-pyrrole nitrogens is 2. The molecule has 102 valence electrons. The number of aliphatic hydroxyl groups excluding tert-OH is 1. The third-order valence-electron chi connectivity index (χ3n) is 2.45. The van der Waals surface area contributed by atoms with Crippen LogP contribution in [0.1, 0.15) is 17.5 Å². The maximum Gasteiger partial charge on any atom is 0.330 e. The number of aliphatic hydroxyl groups is 1. The molecule has 0 aliphatic carbocycles. The SMILES string of the molecule is Cc1cn(C(OCCO)c2cn[nH]n2)c(=O)[nH]c1=O. The van der Waals surface area contributed by atoms with Gasteiger partial charge in [-0.3, -0.25) is 14.3 Å². The second-order valence-electron chi connectivity index (χ2n) is 3.82. The summed E-state index contributed by atoms with van der Waals surface area (Å²) >= 11 is 0. The van der Waals surface area contributed by atoms with Gasteiger partial charge in [-0.25, -0.2) is 4.79 Å². The molecule has 9 nitrogen and oxygen atoms in total. The van der Waals surface area contributed by atoms with Crippen LogP contribution >= 0.6 is 0 Å². The van der Waals surface area contributed by atoms with Gasteiger partial charge in [0.2, 0.25) is 0 Å². The molecule has 9 heteroatoms. The first-order chi connectivity index (χ1) is 9.13. The van der Waals surface area contributed by atoms with Crippen molar-refractivity contribution in [1.29, 1.82) is 0 Å². The van der Waals surface area contributed by atoms with Crippen LogP contribution < -0.4 is 11.2 Å². The molecule has 0 amide bonds. The highest BCUT2D eigenvalue weighted by Gasteiger charge is 2.19. The molecule has 1 atom stereocenters. The fourth-order valence-electron chi connectivity index (χ4n) is 1.56. The summed E-state index contributed by atoms with van der Waals surface area (Å²) in [5, 5.41) is 18.7. The first-order valence-corrected chi connectivity index (χ1v) is 5.53. The summed E-state index contributed by atoms with van der Waals surface area (Å²) in [4.78, 5) is 25.3. The van der Waals surface area contributed by atoms with Crippen molar-refractivity contribution in [2.75, 3.05) is 13.2 Å². The fourth-order valence-corrected chi connectivity index (χ4v) is 1.56. The van der Waals surface area contributed by atoms with E-state index < -0.39 is 17.5 Å². The molecule has 3 N–H and O–H groups in total. The first kappa shape index (κ1) is 13.2. The Hall–Kier alpha value is -2.26.